The van der Waals surface area contributed by atoms with E-state index in [-0.39, 0.29) is 12.5 Å². The van der Waals surface area contributed by atoms with E-state index in [1.807, 2.05) is 30.3 Å². The van der Waals surface area contributed by atoms with Crippen molar-refractivity contribution in [2.45, 2.75) is 0 Å². The lowest BCUT2D eigenvalue weighted by atomic mass is 10.2. The number of nitrogens with zero attached hydrogens (tertiary/aromatic N) is 1. The van der Waals surface area contributed by atoms with Crippen LogP contribution in [-0.2, 0) is 4.79 Å². The fourth-order valence-electron chi connectivity index (χ4n) is 1.65. The molecular weight excluding hydrogens is 302 g/mol. The Morgan fingerprint density at radius 2 is 1.86 bits per heavy atom. The van der Waals surface area contributed by atoms with Crippen molar-refractivity contribution < 1.29 is 9.59 Å². The highest BCUT2D eigenvalue weighted by atomic mass is 35.5. The number of benzene rings is 2. The van der Waals surface area contributed by atoms with Crippen LogP contribution in [0.15, 0.2) is 59.7 Å². The maximum atomic E-state index is 11.8. The van der Waals surface area contributed by atoms with Crippen molar-refractivity contribution in [1.29, 1.82) is 0 Å². The number of amides is 2. The van der Waals surface area contributed by atoms with Crippen molar-refractivity contribution in [1.82, 2.24) is 10.7 Å². The molecule has 112 valence electrons. The average molecular weight is 316 g/mol. The Balaban J connectivity index is 1.78. The van der Waals surface area contributed by atoms with E-state index in [9.17, 15) is 9.59 Å². The number of hydrazone groups is 1. The maximum Gasteiger partial charge on any atom is 0.259 e. The highest BCUT2D eigenvalue weighted by Crippen LogP contribution is 2.10. The zero-order valence-electron chi connectivity index (χ0n) is 11.6. The quantitative estimate of drug-likeness (QED) is 0.656. The summed E-state index contributed by atoms with van der Waals surface area (Å²) in [6, 6.07) is 15.8. The lowest BCUT2D eigenvalue weighted by molar-refractivity contribution is -0.120. The monoisotopic (exact) mass is 315 g/mol. The molecule has 0 heterocycles. The lowest BCUT2D eigenvalue weighted by Gasteiger charge is -2.04. The molecule has 5 nitrogen and oxygen atoms in total. The van der Waals surface area contributed by atoms with E-state index in [0.717, 1.165) is 5.56 Å². The normalized spacial score (nSPS) is 10.4. The summed E-state index contributed by atoms with van der Waals surface area (Å²) in [5.41, 5.74) is 3.60. The van der Waals surface area contributed by atoms with Gasteiger partial charge in [0.25, 0.3) is 11.8 Å². The van der Waals surface area contributed by atoms with Gasteiger partial charge in [-0.3, -0.25) is 9.59 Å². The molecule has 0 radical (unpaired) electrons. The number of hydrogen-bond donors (Lipinski definition) is 2. The molecule has 2 amide bonds. The van der Waals surface area contributed by atoms with Crippen molar-refractivity contribution in [3.8, 4) is 0 Å². The molecule has 0 aliphatic carbocycles. The Labute approximate surface area is 133 Å². The van der Waals surface area contributed by atoms with Gasteiger partial charge < -0.3 is 5.32 Å². The van der Waals surface area contributed by atoms with Gasteiger partial charge in [0.1, 0.15) is 0 Å². The zero-order chi connectivity index (χ0) is 15.8. The summed E-state index contributed by atoms with van der Waals surface area (Å²) in [6.07, 6.45) is 1.52. The van der Waals surface area contributed by atoms with Crippen LogP contribution in [0.1, 0.15) is 15.9 Å². The minimum atomic E-state index is -0.414. The minimum absolute atomic E-state index is 0.169. The van der Waals surface area contributed by atoms with Crippen molar-refractivity contribution in [2.75, 3.05) is 6.54 Å². The third-order valence-corrected chi connectivity index (χ3v) is 2.93. The van der Waals surface area contributed by atoms with Crippen LogP contribution in [0.5, 0.6) is 0 Å². The molecule has 6 heteroatoms. The van der Waals surface area contributed by atoms with E-state index >= 15 is 0 Å². The summed E-state index contributed by atoms with van der Waals surface area (Å²) < 4.78 is 0. The Morgan fingerprint density at radius 1 is 1.09 bits per heavy atom. The van der Waals surface area contributed by atoms with Crippen LogP contribution in [0.2, 0.25) is 5.02 Å². The summed E-state index contributed by atoms with van der Waals surface area (Å²) in [5, 5.41) is 6.76. The Kier molecular flexibility index (Phi) is 5.68. The maximum absolute atomic E-state index is 11.8. The molecular formula is C16H14ClN3O2. The van der Waals surface area contributed by atoms with Crippen molar-refractivity contribution in [2.24, 2.45) is 5.10 Å². The molecule has 2 aromatic rings. The van der Waals surface area contributed by atoms with Crippen molar-refractivity contribution in [3.63, 3.8) is 0 Å². The molecule has 2 N–H and O–H groups in total. The molecule has 22 heavy (non-hydrogen) atoms. The van der Waals surface area contributed by atoms with Crippen LogP contribution in [0, 0.1) is 0 Å². The fraction of sp³-hybridized carbons (Fsp3) is 0.0625. The van der Waals surface area contributed by atoms with E-state index < -0.39 is 5.91 Å². The zero-order valence-corrected chi connectivity index (χ0v) is 12.4. The van der Waals surface area contributed by atoms with Crippen LogP contribution >= 0.6 is 11.6 Å². The first-order valence-electron chi connectivity index (χ1n) is 6.56. The van der Waals surface area contributed by atoms with Gasteiger partial charge >= 0.3 is 0 Å². The second-order valence-electron chi connectivity index (χ2n) is 4.40. The van der Waals surface area contributed by atoms with Crippen LogP contribution in [0.25, 0.3) is 0 Å². The Bertz CT molecular complexity index is 687. The fourth-order valence-corrected chi connectivity index (χ4v) is 1.84. The van der Waals surface area contributed by atoms with Gasteiger partial charge in [0.15, 0.2) is 0 Å². The van der Waals surface area contributed by atoms with Crippen molar-refractivity contribution in [3.05, 3.63) is 70.7 Å². The van der Waals surface area contributed by atoms with E-state index in [1.54, 1.807) is 18.2 Å². The van der Waals surface area contributed by atoms with Gasteiger partial charge in [0.2, 0.25) is 0 Å². The first-order chi connectivity index (χ1) is 10.6. The SMILES string of the molecule is O=C(CNC(=O)c1cccc(Cl)c1)N/N=C\c1ccccc1. The molecule has 0 saturated heterocycles. The smallest absolute Gasteiger partial charge is 0.259 e. The van der Waals surface area contributed by atoms with Gasteiger partial charge in [-0.25, -0.2) is 5.43 Å². The van der Waals surface area contributed by atoms with Gasteiger partial charge in [0, 0.05) is 10.6 Å². The molecule has 0 aromatic heterocycles. The van der Waals surface area contributed by atoms with Gasteiger partial charge in [-0.2, -0.15) is 5.10 Å². The summed E-state index contributed by atoms with van der Waals surface area (Å²) in [6.45, 7) is -0.169. The molecule has 0 saturated carbocycles. The molecule has 0 aliphatic rings. The third-order valence-electron chi connectivity index (χ3n) is 2.70. The number of nitrogens with one attached hydrogen (secondary N) is 2. The van der Waals surface area contributed by atoms with Gasteiger partial charge in [-0.1, -0.05) is 48.0 Å². The summed E-state index contributed by atoms with van der Waals surface area (Å²) >= 11 is 5.80. The topological polar surface area (TPSA) is 70.6 Å². The molecule has 0 unspecified atom stereocenters. The van der Waals surface area contributed by atoms with Crippen LogP contribution in [0.3, 0.4) is 0 Å². The molecule has 0 fully saturated rings. The van der Waals surface area contributed by atoms with E-state index in [2.05, 4.69) is 15.8 Å². The Hall–Kier alpha value is -2.66. The number of carbonyl (C=O) groups is 2. The first kappa shape index (κ1) is 15.7. The van der Waals surface area contributed by atoms with Crippen LogP contribution in [-0.4, -0.2) is 24.6 Å². The molecule has 0 bridgehead atoms. The third kappa shape index (κ3) is 5.03. The van der Waals surface area contributed by atoms with E-state index in [0.29, 0.717) is 10.6 Å². The Morgan fingerprint density at radius 3 is 2.59 bits per heavy atom. The second-order valence-corrected chi connectivity index (χ2v) is 4.83. The standard InChI is InChI=1S/C16H14ClN3O2/c17-14-8-4-7-13(9-14)16(22)18-11-15(21)20-19-10-12-5-2-1-3-6-12/h1-10H,11H2,(H,18,22)(H,20,21)/b19-10-. The summed E-state index contributed by atoms with van der Waals surface area (Å²) in [4.78, 5) is 23.4. The van der Waals surface area contributed by atoms with Crippen LogP contribution < -0.4 is 10.7 Å². The molecule has 0 aliphatic heterocycles. The predicted molar refractivity (Wildman–Crippen MR) is 86.0 cm³/mol. The van der Waals surface area contributed by atoms with Gasteiger partial charge in [0.05, 0.1) is 12.8 Å². The summed E-state index contributed by atoms with van der Waals surface area (Å²) in [7, 11) is 0. The molecule has 2 aromatic carbocycles. The van der Waals surface area contributed by atoms with Crippen molar-refractivity contribution >= 4 is 29.6 Å². The molecule has 0 atom stereocenters. The minimum Gasteiger partial charge on any atom is -0.343 e. The van der Waals surface area contributed by atoms with E-state index in [1.165, 1.54) is 12.3 Å². The highest BCUT2D eigenvalue weighted by Gasteiger charge is 2.07. The number of carbonyl (C=O) groups excluding carboxylic acids is 2. The number of halogens is 1. The highest BCUT2D eigenvalue weighted by molar-refractivity contribution is 6.30. The van der Waals surface area contributed by atoms with Gasteiger partial charge in [-0.05, 0) is 23.8 Å². The summed E-state index contributed by atoms with van der Waals surface area (Å²) in [5.74, 6) is -0.785. The largest absolute Gasteiger partial charge is 0.343 e. The van der Waals surface area contributed by atoms with Gasteiger partial charge in [-0.15, -0.1) is 0 Å². The number of hydrogen-bond acceptors (Lipinski definition) is 3. The molecule has 0 spiro atoms. The molecule has 2 rings (SSSR count). The second kappa shape index (κ2) is 7.95. The van der Waals surface area contributed by atoms with E-state index in [4.69, 9.17) is 11.6 Å². The lowest BCUT2D eigenvalue weighted by Crippen LogP contribution is -2.34. The van der Waals surface area contributed by atoms with Crippen LogP contribution in [0.4, 0.5) is 0 Å². The first-order valence-corrected chi connectivity index (χ1v) is 6.93. The predicted octanol–water partition coefficient (Wildman–Crippen LogP) is 2.22. The number of rotatable bonds is 5. The average Bonchev–Trinajstić information content (AvgIpc) is 2.53.